The number of fused-ring (bicyclic) bond motifs is 1. The Balaban J connectivity index is 1.92. The Bertz CT molecular complexity index is 1100. The summed E-state index contributed by atoms with van der Waals surface area (Å²) < 4.78 is 42.0. The van der Waals surface area contributed by atoms with Gasteiger partial charge in [0.05, 0.1) is 17.6 Å². The monoisotopic (exact) mass is 438 g/mol. The number of carbonyl (C=O) groups is 2. The van der Waals surface area contributed by atoms with E-state index in [-0.39, 0.29) is 23.9 Å². The summed E-state index contributed by atoms with van der Waals surface area (Å²) in [5.41, 5.74) is 0.982. The van der Waals surface area contributed by atoms with Crippen molar-refractivity contribution in [2.75, 3.05) is 18.5 Å². The number of carbonyl (C=O) groups excluding carboxylic acids is 2. The highest BCUT2D eigenvalue weighted by atomic mass is 19.4. The molecule has 0 aliphatic heterocycles. The second-order valence-corrected chi connectivity index (χ2v) is 6.42. The van der Waals surface area contributed by atoms with E-state index in [1.807, 2.05) is 0 Å². The molecular weight excluding hydrogens is 419 g/mol. The Labute approximate surface area is 173 Å². The van der Waals surface area contributed by atoms with Gasteiger partial charge < -0.3 is 20.4 Å². The molecule has 1 atom stereocenters. The predicted molar refractivity (Wildman–Crippen MR) is 102 cm³/mol. The Morgan fingerprint density at radius 2 is 2.10 bits per heavy atom. The number of halogens is 3. The number of aromatic nitrogens is 5. The fraction of sp³-hybridized carbons (Fsp3) is 0.333. The van der Waals surface area contributed by atoms with E-state index in [0.717, 1.165) is 0 Å². The van der Waals surface area contributed by atoms with Crippen LogP contribution in [-0.2, 0) is 9.53 Å². The van der Waals surface area contributed by atoms with Crippen LogP contribution in [0.1, 0.15) is 24.3 Å². The van der Waals surface area contributed by atoms with Crippen molar-refractivity contribution in [3.8, 4) is 11.4 Å². The summed E-state index contributed by atoms with van der Waals surface area (Å²) in [7, 11) is 0. The molecule has 3 rings (SSSR count). The first-order chi connectivity index (χ1) is 14.7. The van der Waals surface area contributed by atoms with Crippen molar-refractivity contribution in [3.05, 3.63) is 30.5 Å². The minimum Gasteiger partial charge on any atom is -0.461 e. The number of anilines is 1. The van der Waals surface area contributed by atoms with Crippen molar-refractivity contribution >= 4 is 28.7 Å². The van der Waals surface area contributed by atoms with Gasteiger partial charge in [-0.25, -0.2) is 19.7 Å². The molecule has 3 aromatic heterocycles. The largest absolute Gasteiger partial charge is 0.461 e. The maximum absolute atomic E-state index is 12.3. The SMILES string of the molecule is CCOC(=O)c1cc(N[C@@H](C)C(=O)NCC(F)(F)F)nc(-c2c[nH]c3nc[nH+]cc23)n1. The molecule has 0 radical (unpaired) electrons. The molecule has 0 spiro atoms. The van der Waals surface area contributed by atoms with E-state index in [0.29, 0.717) is 16.6 Å². The standard InChI is InChI=1S/C18H18F3N7O3/c1-3-31-17(30)12-4-13(26-9(2)16(29)24-7-18(19,20)21)28-15(27-12)11-6-23-14-10(11)5-22-8-25-14/h4-6,8-9H,3,7H2,1-2H3,(H,24,29)(H,22,23,25)(H,26,27,28)/p+1/t9-/m0/s1. The third-order valence-corrected chi connectivity index (χ3v) is 4.07. The first-order valence-corrected chi connectivity index (χ1v) is 9.18. The van der Waals surface area contributed by atoms with Crippen LogP contribution in [0.2, 0.25) is 0 Å². The predicted octanol–water partition coefficient (Wildman–Crippen LogP) is 1.49. The van der Waals surface area contributed by atoms with Crippen molar-refractivity contribution < 1.29 is 32.5 Å². The average molecular weight is 438 g/mol. The molecule has 0 unspecified atom stereocenters. The van der Waals surface area contributed by atoms with Gasteiger partial charge in [-0.2, -0.15) is 13.2 Å². The molecular formula is C18H19F3N7O3+. The Hall–Kier alpha value is -3.77. The van der Waals surface area contributed by atoms with Gasteiger partial charge in [-0.1, -0.05) is 0 Å². The first kappa shape index (κ1) is 21.9. The zero-order valence-electron chi connectivity index (χ0n) is 16.5. The molecule has 0 fully saturated rings. The van der Waals surface area contributed by atoms with Crippen LogP contribution in [0.3, 0.4) is 0 Å². The van der Waals surface area contributed by atoms with Crippen LogP contribution >= 0.6 is 0 Å². The Kier molecular flexibility index (Phi) is 6.32. The van der Waals surface area contributed by atoms with E-state index in [4.69, 9.17) is 4.74 Å². The Morgan fingerprint density at radius 1 is 1.32 bits per heavy atom. The van der Waals surface area contributed by atoms with Gasteiger partial charge in [0.15, 0.2) is 11.5 Å². The smallest absolute Gasteiger partial charge is 0.405 e. The number of rotatable bonds is 7. The number of hydrogen-bond donors (Lipinski definition) is 3. The quantitative estimate of drug-likeness (QED) is 0.476. The minimum atomic E-state index is -4.53. The molecule has 3 heterocycles. The van der Waals surface area contributed by atoms with Crippen molar-refractivity contribution in [3.63, 3.8) is 0 Å². The summed E-state index contributed by atoms with van der Waals surface area (Å²) in [4.78, 5) is 42.7. The fourth-order valence-corrected chi connectivity index (χ4v) is 2.66. The maximum Gasteiger partial charge on any atom is 0.405 e. The van der Waals surface area contributed by atoms with Gasteiger partial charge in [-0.05, 0) is 18.8 Å². The molecule has 0 aliphatic carbocycles. The lowest BCUT2D eigenvalue weighted by Crippen LogP contribution is -2.42. The van der Waals surface area contributed by atoms with Crippen LogP contribution in [0.4, 0.5) is 19.0 Å². The van der Waals surface area contributed by atoms with Crippen LogP contribution < -0.4 is 15.6 Å². The number of H-pyrrole nitrogens is 2. The molecule has 31 heavy (non-hydrogen) atoms. The number of hydrogen-bond acceptors (Lipinski definition) is 7. The lowest BCUT2D eigenvalue weighted by molar-refractivity contribution is -0.380. The zero-order chi connectivity index (χ0) is 22.6. The summed E-state index contributed by atoms with van der Waals surface area (Å²) in [6.07, 6.45) is 0.204. The second-order valence-electron chi connectivity index (χ2n) is 6.42. The molecule has 0 saturated carbocycles. The molecule has 4 N–H and O–H groups in total. The van der Waals surface area contributed by atoms with Crippen LogP contribution in [0, 0.1) is 0 Å². The minimum absolute atomic E-state index is 0.0601. The maximum atomic E-state index is 12.3. The molecule has 0 bridgehead atoms. The van der Waals surface area contributed by atoms with Gasteiger partial charge in [-0.15, -0.1) is 0 Å². The molecule has 10 nitrogen and oxygen atoms in total. The van der Waals surface area contributed by atoms with Crippen LogP contribution in [-0.4, -0.2) is 57.2 Å². The summed E-state index contributed by atoms with van der Waals surface area (Å²) >= 11 is 0. The van der Waals surface area contributed by atoms with Gasteiger partial charge in [-0.3, -0.25) is 4.79 Å². The van der Waals surface area contributed by atoms with Crippen molar-refractivity contribution in [2.24, 2.45) is 0 Å². The summed E-state index contributed by atoms with van der Waals surface area (Å²) in [6, 6.07) is 0.187. The van der Waals surface area contributed by atoms with Gasteiger partial charge >= 0.3 is 12.1 Å². The van der Waals surface area contributed by atoms with Crippen molar-refractivity contribution in [1.29, 1.82) is 0 Å². The molecule has 13 heteroatoms. The van der Waals surface area contributed by atoms with Gasteiger partial charge in [0.2, 0.25) is 5.91 Å². The van der Waals surface area contributed by atoms with E-state index < -0.39 is 30.6 Å². The highest BCUT2D eigenvalue weighted by Gasteiger charge is 2.29. The Morgan fingerprint density at radius 3 is 2.81 bits per heavy atom. The first-order valence-electron chi connectivity index (χ1n) is 9.18. The van der Waals surface area contributed by atoms with Crippen LogP contribution in [0.5, 0.6) is 0 Å². The molecule has 0 aromatic carbocycles. The normalized spacial score (nSPS) is 12.4. The molecule has 3 aromatic rings. The summed E-state index contributed by atoms with van der Waals surface area (Å²) in [5, 5.41) is 5.13. The third kappa shape index (κ3) is 5.43. The topological polar surface area (TPSA) is 136 Å². The highest BCUT2D eigenvalue weighted by molar-refractivity contribution is 5.93. The molecule has 0 saturated heterocycles. The second kappa shape index (κ2) is 8.93. The van der Waals surface area contributed by atoms with Crippen molar-refractivity contribution in [2.45, 2.75) is 26.1 Å². The number of nitrogens with one attached hydrogen (secondary N) is 4. The average Bonchev–Trinajstić information content (AvgIpc) is 3.15. The zero-order valence-corrected chi connectivity index (χ0v) is 16.5. The summed E-state index contributed by atoms with van der Waals surface area (Å²) in [6.45, 7) is 1.65. The van der Waals surface area contributed by atoms with E-state index in [1.165, 1.54) is 19.3 Å². The van der Waals surface area contributed by atoms with Crippen LogP contribution in [0.15, 0.2) is 24.8 Å². The van der Waals surface area contributed by atoms with E-state index >= 15 is 0 Å². The van der Waals surface area contributed by atoms with Crippen molar-refractivity contribution in [1.82, 2.24) is 25.3 Å². The fourth-order valence-electron chi connectivity index (χ4n) is 2.66. The van der Waals surface area contributed by atoms with E-state index in [1.54, 1.807) is 24.6 Å². The highest BCUT2D eigenvalue weighted by Crippen LogP contribution is 2.25. The third-order valence-electron chi connectivity index (χ3n) is 4.07. The number of aromatic amines is 2. The number of nitrogens with zero attached hydrogens (tertiary/aromatic N) is 3. The molecule has 164 valence electrons. The van der Waals surface area contributed by atoms with Gasteiger partial charge in [0.25, 0.3) is 12.0 Å². The molecule has 1 amide bonds. The number of ether oxygens (including phenoxy) is 1. The van der Waals surface area contributed by atoms with E-state index in [9.17, 15) is 22.8 Å². The van der Waals surface area contributed by atoms with Gasteiger partial charge in [0, 0.05) is 12.3 Å². The summed E-state index contributed by atoms with van der Waals surface area (Å²) in [5.74, 6) is -1.41. The number of amides is 1. The number of esters is 1. The lowest BCUT2D eigenvalue weighted by Gasteiger charge is -2.16. The lowest BCUT2D eigenvalue weighted by atomic mass is 10.2. The van der Waals surface area contributed by atoms with Gasteiger partial charge in [0.1, 0.15) is 24.6 Å². The number of alkyl halides is 3. The van der Waals surface area contributed by atoms with Crippen LogP contribution in [0.25, 0.3) is 22.4 Å². The molecule has 0 aliphatic rings. The van der Waals surface area contributed by atoms with E-state index in [2.05, 4.69) is 30.2 Å².